The first-order valence-corrected chi connectivity index (χ1v) is 5.23. The van der Waals surface area contributed by atoms with Gasteiger partial charge in [0.15, 0.2) is 5.78 Å². The maximum atomic E-state index is 12.1. The van der Waals surface area contributed by atoms with E-state index in [0.29, 0.717) is 5.56 Å². The van der Waals surface area contributed by atoms with E-state index < -0.39 is 4.92 Å². The van der Waals surface area contributed by atoms with Gasteiger partial charge in [-0.1, -0.05) is 30.3 Å². The lowest BCUT2D eigenvalue weighted by Gasteiger charge is -2.02. The first-order valence-electron chi connectivity index (χ1n) is 5.23. The Labute approximate surface area is 103 Å². The van der Waals surface area contributed by atoms with Gasteiger partial charge < -0.3 is 5.73 Å². The van der Waals surface area contributed by atoms with Crippen molar-refractivity contribution in [2.75, 3.05) is 5.73 Å². The summed E-state index contributed by atoms with van der Waals surface area (Å²) in [6, 6.07) is 12.6. The van der Waals surface area contributed by atoms with Crippen molar-refractivity contribution in [3.8, 4) is 0 Å². The zero-order valence-electron chi connectivity index (χ0n) is 9.37. The van der Waals surface area contributed by atoms with Crippen LogP contribution >= 0.6 is 0 Å². The third-order valence-corrected chi connectivity index (χ3v) is 2.53. The summed E-state index contributed by atoms with van der Waals surface area (Å²) >= 11 is 0. The van der Waals surface area contributed by atoms with Crippen LogP contribution in [0.25, 0.3) is 0 Å². The van der Waals surface area contributed by atoms with Crippen LogP contribution in [0.15, 0.2) is 48.5 Å². The van der Waals surface area contributed by atoms with E-state index in [0.717, 1.165) is 0 Å². The van der Waals surface area contributed by atoms with Gasteiger partial charge in [0.1, 0.15) is 5.69 Å². The van der Waals surface area contributed by atoms with Crippen LogP contribution < -0.4 is 5.73 Å². The minimum Gasteiger partial charge on any atom is -0.393 e. The van der Waals surface area contributed by atoms with E-state index in [9.17, 15) is 14.9 Å². The topological polar surface area (TPSA) is 86.2 Å². The molecule has 0 aromatic heterocycles. The highest BCUT2D eigenvalue weighted by Gasteiger charge is 2.16. The summed E-state index contributed by atoms with van der Waals surface area (Å²) < 4.78 is 0. The summed E-state index contributed by atoms with van der Waals surface area (Å²) in [6.07, 6.45) is 0. The molecule has 2 N–H and O–H groups in total. The highest BCUT2D eigenvalue weighted by atomic mass is 16.6. The number of nitro benzene ring substituents is 1. The van der Waals surface area contributed by atoms with Crippen LogP contribution in [0.3, 0.4) is 0 Å². The van der Waals surface area contributed by atoms with Crippen molar-refractivity contribution in [3.05, 3.63) is 69.8 Å². The molecule has 0 saturated heterocycles. The predicted molar refractivity (Wildman–Crippen MR) is 67.4 cm³/mol. The molecule has 2 aromatic rings. The summed E-state index contributed by atoms with van der Waals surface area (Å²) in [5.41, 5.74) is 6.00. The number of hydrogen-bond donors (Lipinski definition) is 1. The normalized spacial score (nSPS) is 10.0. The number of nitrogen functional groups attached to an aromatic ring is 1. The second-order valence-corrected chi connectivity index (χ2v) is 3.73. The van der Waals surface area contributed by atoms with Crippen LogP contribution in [-0.2, 0) is 0 Å². The summed E-state index contributed by atoms with van der Waals surface area (Å²) in [7, 11) is 0. The Kier molecular flexibility index (Phi) is 3.05. The van der Waals surface area contributed by atoms with Crippen LogP contribution in [0, 0.1) is 10.1 Å². The smallest absolute Gasteiger partial charge is 0.292 e. The van der Waals surface area contributed by atoms with Gasteiger partial charge in [0.05, 0.1) is 4.92 Å². The fourth-order valence-corrected chi connectivity index (χ4v) is 1.60. The number of ketones is 1. The molecule has 2 rings (SSSR count). The largest absolute Gasteiger partial charge is 0.393 e. The van der Waals surface area contributed by atoms with E-state index in [2.05, 4.69) is 0 Å². The Morgan fingerprint density at radius 2 is 1.72 bits per heavy atom. The Bertz CT molecular complexity index is 609. The van der Waals surface area contributed by atoms with E-state index in [1.807, 2.05) is 0 Å². The first-order chi connectivity index (χ1) is 8.59. The molecule has 0 aliphatic rings. The van der Waals surface area contributed by atoms with Gasteiger partial charge in [-0.15, -0.1) is 0 Å². The Balaban J connectivity index is 2.44. The molecule has 0 unspecified atom stereocenters. The van der Waals surface area contributed by atoms with Gasteiger partial charge in [-0.05, 0) is 12.1 Å². The van der Waals surface area contributed by atoms with Crippen molar-refractivity contribution in [1.82, 2.24) is 0 Å². The molecule has 0 amide bonds. The molecule has 5 heteroatoms. The lowest BCUT2D eigenvalue weighted by atomic mass is 10.0. The van der Waals surface area contributed by atoms with Crippen molar-refractivity contribution in [2.45, 2.75) is 0 Å². The van der Waals surface area contributed by atoms with Gasteiger partial charge in [0.25, 0.3) is 5.69 Å². The molecule has 0 saturated carbocycles. The number of nitro groups is 1. The number of hydrogen-bond acceptors (Lipinski definition) is 4. The van der Waals surface area contributed by atoms with Crippen LogP contribution in [-0.4, -0.2) is 10.7 Å². The van der Waals surface area contributed by atoms with Gasteiger partial charge in [-0.25, -0.2) is 0 Å². The molecule has 0 aliphatic heterocycles. The summed E-state index contributed by atoms with van der Waals surface area (Å²) in [6.45, 7) is 0. The molecule has 90 valence electrons. The van der Waals surface area contributed by atoms with Crippen molar-refractivity contribution < 1.29 is 9.72 Å². The van der Waals surface area contributed by atoms with Crippen LogP contribution in [0.2, 0.25) is 0 Å². The Morgan fingerprint density at radius 1 is 1.06 bits per heavy atom. The van der Waals surface area contributed by atoms with Crippen molar-refractivity contribution in [3.63, 3.8) is 0 Å². The van der Waals surface area contributed by atoms with E-state index >= 15 is 0 Å². The molecule has 0 fully saturated rings. The van der Waals surface area contributed by atoms with Crippen molar-refractivity contribution >= 4 is 17.2 Å². The first kappa shape index (κ1) is 11.8. The third-order valence-electron chi connectivity index (χ3n) is 2.53. The lowest BCUT2D eigenvalue weighted by Crippen LogP contribution is -2.03. The van der Waals surface area contributed by atoms with Crippen LogP contribution in [0.4, 0.5) is 11.4 Å². The summed E-state index contributed by atoms with van der Waals surface area (Å²) in [4.78, 5) is 22.2. The van der Waals surface area contributed by atoms with Gasteiger partial charge in [-0.3, -0.25) is 14.9 Å². The zero-order valence-corrected chi connectivity index (χ0v) is 9.37. The maximum absolute atomic E-state index is 12.1. The molecule has 0 aliphatic carbocycles. The molecular weight excluding hydrogens is 232 g/mol. The maximum Gasteiger partial charge on any atom is 0.292 e. The van der Waals surface area contributed by atoms with Crippen LogP contribution in [0.5, 0.6) is 0 Å². The minimum absolute atomic E-state index is 0.0459. The molecule has 0 radical (unpaired) electrons. The second kappa shape index (κ2) is 4.67. The number of rotatable bonds is 3. The quantitative estimate of drug-likeness (QED) is 0.387. The molecule has 5 nitrogen and oxygen atoms in total. The van der Waals surface area contributed by atoms with Crippen molar-refractivity contribution in [1.29, 1.82) is 0 Å². The molecule has 0 heterocycles. The van der Waals surface area contributed by atoms with E-state index in [1.54, 1.807) is 30.3 Å². The standard InChI is InChI=1S/C13H10N2O3/c14-11-7-6-10(8-12(11)15(17)18)13(16)9-4-2-1-3-5-9/h1-8H,14H2. The fraction of sp³-hybridized carbons (Fsp3) is 0. The van der Waals surface area contributed by atoms with Crippen molar-refractivity contribution in [2.24, 2.45) is 0 Å². The van der Waals surface area contributed by atoms with Gasteiger partial charge >= 0.3 is 0 Å². The number of nitrogens with zero attached hydrogens (tertiary/aromatic N) is 1. The van der Waals surface area contributed by atoms with E-state index in [4.69, 9.17) is 5.73 Å². The van der Waals surface area contributed by atoms with E-state index in [1.165, 1.54) is 18.2 Å². The summed E-state index contributed by atoms with van der Waals surface area (Å²) in [5, 5.41) is 10.7. The molecule has 0 bridgehead atoms. The highest BCUT2D eigenvalue weighted by molar-refractivity contribution is 6.09. The molecule has 0 spiro atoms. The molecule has 0 atom stereocenters. The summed E-state index contributed by atoms with van der Waals surface area (Å²) in [5.74, 6) is -0.265. The lowest BCUT2D eigenvalue weighted by molar-refractivity contribution is -0.383. The average molecular weight is 242 g/mol. The minimum atomic E-state index is -0.600. The Hall–Kier alpha value is -2.69. The monoisotopic (exact) mass is 242 g/mol. The Morgan fingerprint density at radius 3 is 2.33 bits per heavy atom. The average Bonchev–Trinajstić information content (AvgIpc) is 2.39. The van der Waals surface area contributed by atoms with Gasteiger partial charge in [0, 0.05) is 17.2 Å². The number of benzene rings is 2. The highest BCUT2D eigenvalue weighted by Crippen LogP contribution is 2.23. The fourth-order valence-electron chi connectivity index (χ4n) is 1.60. The number of carbonyl (C=O) groups is 1. The number of nitrogens with two attached hydrogens (primary N) is 1. The number of anilines is 1. The van der Waals surface area contributed by atoms with Gasteiger partial charge in [-0.2, -0.15) is 0 Å². The molecule has 2 aromatic carbocycles. The van der Waals surface area contributed by atoms with Crippen LogP contribution in [0.1, 0.15) is 15.9 Å². The second-order valence-electron chi connectivity index (χ2n) is 3.73. The SMILES string of the molecule is Nc1ccc(C(=O)c2ccccc2)cc1[N+](=O)[O-]. The zero-order chi connectivity index (χ0) is 13.1. The number of carbonyl (C=O) groups excluding carboxylic acids is 1. The predicted octanol–water partition coefficient (Wildman–Crippen LogP) is 2.41. The third kappa shape index (κ3) is 2.20. The van der Waals surface area contributed by atoms with E-state index in [-0.39, 0.29) is 22.7 Å². The molecular formula is C13H10N2O3. The van der Waals surface area contributed by atoms with Gasteiger partial charge in [0.2, 0.25) is 0 Å². The molecule has 18 heavy (non-hydrogen) atoms.